The molecule has 4 heteroatoms. The van der Waals surface area contributed by atoms with E-state index in [1.165, 1.54) is 0 Å². The van der Waals surface area contributed by atoms with E-state index >= 15 is 0 Å². The fourth-order valence-corrected chi connectivity index (χ4v) is 2.72. The van der Waals surface area contributed by atoms with E-state index in [1.807, 2.05) is 49.5 Å². The van der Waals surface area contributed by atoms with Crippen molar-refractivity contribution in [3.63, 3.8) is 0 Å². The molecule has 90 valence electrons. The number of hydrogen-bond donors (Lipinski definition) is 0. The first-order valence-corrected chi connectivity index (χ1v) is 6.73. The highest BCUT2D eigenvalue weighted by Crippen LogP contribution is 2.31. The number of aryl methyl sites for hydroxylation is 1. The summed E-state index contributed by atoms with van der Waals surface area (Å²) in [7, 11) is 0. The van der Waals surface area contributed by atoms with E-state index in [2.05, 4.69) is 25.3 Å². The van der Waals surface area contributed by atoms with E-state index < -0.39 is 0 Å². The predicted octanol–water partition coefficient (Wildman–Crippen LogP) is 4.73. The molecule has 0 amide bonds. The number of benzene rings is 1. The molecule has 0 aliphatic rings. The Morgan fingerprint density at radius 2 is 1.94 bits per heavy atom. The molecule has 2 heterocycles. The third-order valence-electron chi connectivity index (χ3n) is 2.97. The summed E-state index contributed by atoms with van der Waals surface area (Å²) < 4.78 is 3.04. The van der Waals surface area contributed by atoms with Crippen LogP contribution in [0.4, 0.5) is 0 Å². The Bertz CT molecular complexity index is 734. The van der Waals surface area contributed by atoms with Crippen LogP contribution < -0.4 is 0 Å². The summed E-state index contributed by atoms with van der Waals surface area (Å²) in [5, 5.41) is 0.722. The molecule has 1 aromatic carbocycles. The van der Waals surface area contributed by atoms with Crippen LogP contribution in [0.2, 0.25) is 5.02 Å². The Balaban J connectivity index is 2.35. The lowest BCUT2D eigenvalue weighted by Gasteiger charge is -2.01. The van der Waals surface area contributed by atoms with E-state index in [1.54, 1.807) is 0 Å². The Labute approximate surface area is 118 Å². The number of pyridine rings is 1. The van der Waals surface area contributed by atoms with Crippen molar-refractivity contribution < 1.29 is 0 Å². The molecular weight excluding hydrogens is 312 g/mol. The third kappa shape index (κ3) is 1.74. The second kappa shape index (κ2) is 4.41. The van der Waals surface area contributed by atoms with Crippen molar-refractivity contribution in [3.8, 4) is 11.3 Å². The minimum absolute atomic E-state index is 0.722. The SMILES string of the molecule is Cc1c(-c2ccccc2Cl)nc2c(Br)cccn12. The summed E-state index contributed by atoms with van der Waals surface area (Å²) >= 11 is 9.76. The van der Waals surface area contributed by atoms with Crippen molar-refractivity contribution >= 4 is 33.2 Å². The minimum atomic E-state index is 0.722. The molecule has 0 saturated carbocycles. The van der Waals surface area contributed by atoms with Gasteiger partial charge >= 0.3 is 0 Å². The van der Waals surface area contributed by atoms with E-state index in [0.29, 0.717) is 0 Å². The van der Waals surface area contributed by atoms with Gasteiger partial charge in [-0.25, -0.2) is 4.98 Å². The number of hydrogen-bond acceptors (Lipinski definition) is 1. The van der Waals surface area contributed by atoms with Crippen LogP contribution in [0.15, 0.2) is 47.1 Å². The van der Waals surface area contributed by atoms with E-state index in [0.717, 1.165) is 32.1 Å². The van der Waals surface area contributed by atoms with Gasteiger partial charge in [-0.15, -0.1) is 0 Å². The first-order valence-electron chi connectivity index (χ1n) is 5.56. The molecule has 0 spiro atoms. The topological polar surface area (TPSA) is 17.3 Å². The second-order valence-corrected chi connectivity index (χ2v) is 5.34. The van der Waals surface area contributed by atoms with Gasteiger partial charge in [0.15, 0.2) is 5.65 Å². The average molecular weight is 322 g/mol. The number of imidazole rings is 1. The minimum Gasteiger partial charge on any atom is -0.303 e. The normalized spacial score (nSPS) is 11.1. The molecule has 0 unspecified atom stereocenters. The van der Waals surface area contributed by atoms with Crippen molar-refractivity contribution in [2.24, 2.45) is 0 Å². The van der Waals surface area contributed by atoms with E-state index in [9.17, 15) is 0 Å². The molecule has 3 aromatic rings. The maximum absolute atomic E-state index is 6.24. The highest BCUT2D eigenvalue weighted by atomic mass is 79.9. The predicted molar refractivity (Wildman–Crippen MR) is 78.1 cm³/mol. The molecule has 0 aliphatic heterocycles. The summed E-state index contributed by atoms with van der Waals surface area (Å²) in [6, 6.07) is 11.7. The van der Waals surface area contributed by atoms with Crippen LogP contribution in [0, 0.1) is 6.92 Å². The van der Waals surface area contributed by atoms with Crippen LogP contribution in [0.5, 0.6) is 0 Å². The molecular formula is C14H10BrClN2. The number of halogens is 2. The summed E-state index contributed by atoms with van der Waals surface area (Å²) in [4.78, 5) is 4.67. The molecule has 0 bridgehead atoms. The molecule has 3 rings (SSSR count). The summed E-state index contributed by atoms with van der Waals surface area (Å²) in [5.74, 6) is 0. The lowest BCUT2D eigenvalue weighted by Crippen LogP contribution is -1.87. The lowest BCUT2D eigenvalue weighted by atomic mass is 10.1. The van der Waals surface area contributed by atoms with Crippen molar-refractivity contribution in [1.82, 2.24) is 9.38 Å². The fourth-order valence-electron chi connectivity index (χ4n) is 2.06. The number of aromatic nitrogens is 2. The molecule has 0 aliphatic carbocycles. The van der Waals surface area contributed by atoms with Crippen LogP contribution in [-0.4, -0.2) is 9.38 Å². The van der Waals surface area contributed by atoms with E-state index in [-0.39, 0.29) is 0 Å². The van der Waals surface area contributed by atoms with Crippen molar-refractivity contribution in [3.05, 3.63) is 57.8 Å². The van der Waals surface area contributed by atoms with Gasteiger partial charge in [-0.05, 0) is 41.1 Å². The zero-order valence-corrected chi connectivity index (χ0v) is 12.0. The maximum atomic E-state index is 6.24. The highest BCUT2D eigenvalue weighted by molar-refractivity contribution is 9.10. The van der Waals surface area contributed by atoms with Crippen LogP contribution >= 0.6 is 27.5 Å². The molecule has 18 heavy (non-hydrogen) atoms. The molecule has 2 aromatic heterocycles. The van der Waals surface area contributed by atoms with Gasteiger partial charge in [-0.2, -0.15) is 0 Å². The monoisotopic (exact) mass is 320 g/mol. The Morgan fingerprint density at radius 3 is 2.67 bits per heavy atom. The van der Waals surface area contributed by atoms with Gasteiger partial charge in [0.25, 0.3) is 0 Å². The zero-order valence-electron chi connectivity index (χ0n) is 9.69. The van der Waals surface area contributed by atoms with Gasteiger partial charge < -0.3 is 4.40 Å². The summed E-state index contributed by atoms with van der Waals surface area (Å²) in [6.07, 6.45) is 2.00. The highest BCUT2D eigenvalue weighted by Gasteiger charge is 2.13. The van der Waals surface area contributed by atoms with Crippen molar-refractivity contribution in [2.45, 2.75) is 6.92 Å². The molecule has 0 fully saturated rings. The van der Waals surface area contributed by atoms with Gasteiger partial charge in [-0.1, -0.05) is 29.8 Å². The fraction of sp³-hybridized carbons (Fsp3) is 0.0714. The van der Waals surface area contributed by atoms with Crippen molar-refractivity contribution in [1.29, 1.82) is 0 Å². The Morgan fingerprint density at radius 1 is 1.17 bits per heavy atom. The van der Waals surface area contributed by atoms with Crippen molar-refractivity contribution in [2.75, 3.05) is 0 Å². The molecule has 0 N–H and O–H groups in total. The van der Waals surface area contributed by atoms with Gasteiger partial charge in [0.05, 0.1) is 15.2 Å². The second-order valence-electron chi connectivity index (χ2n) is 4.08. The smallest absolute Gasteiger partial charge is 0.152 e. The number of nitrogens with zero attached hydrogens (tertiary/aromatic N) is 2. The molecule has 0 saturated heterocycles. The average Bonchev–Trinajstić information content (AvgIpc) is 2.70. The lowest BCUT2D eigenvalue weighted by molar-refractivity contribution is 1.11. The summed E-state index contributed by atoms with van der Waals surface area (Å²) in [6.45, 7) is 2.05. The zero-order chi connectivity index (χ0) is 12.7. The quantitative estimate of drug-likeness (QED) is 0.633. The van der Waals surface area contributed by atoms with E-state index in [4.69, 9.17) is 11.6 Å². The molecule has 2 nitrogen and oxygen atoms in total. The first-order chi connectivity index (χ1) is 8.68. The van der Waals surface area contributed by atoms with Gasteiger partial charge in [0, 0.05) is 17.5 Å². The Hall–Kier alpha value is -1.32. The number of fused-ring (bicyclic) bond motifs is 1. The van der Waals surface area contributed by atoms with Crippen LogP contribution in [-0.2, 0) is 0 Å². The van der Waals surface area contributed by atoms with Crippen LogP contribution in [0.1, 0.15) is 5.69 Å². The summed E-state index contributed by atoms with van der Waals surface area (Å²) in [5.41, 5.74) is 3.88. The van der Waals surface area contributed by atoms with Gasteiger partial charge in [-0.3, -0.25) is 0 Å². The molecule has 0 atom stereocenters. The van der Waals surface area contributed by atoms with Gasteiger partial charge in [0.1, 0.15) is 0 Å². The maximum Gasteiger partial charge on any atom is 0.152 e. The number of rotatable bonds is 1. The first kappa shape index (κ1) is 11.8. The third-order valence-corrected chi connectivity index (χ3v) is 3.92. The van der Waals surface area contributed by atoms with Crippen LogP contribution in [0.3, 0.4) is 0 Å². The largest absolute Gasteiger partial charge is 0.303 e. The van der Waals surface area contributed by atoms with Gasteiger partial charge in [0.2, 0.25) is 0 Å². The standard InChI is InChI=1S/C14H10BrClN2/c1-9-13(10-5-2-3-7-12(10)16)17-14-11(15)6-4-8-18(9)14/h2-8H,1H3. The molecule has 0 radical (unpaired) electrons. The Kier molecular flexibility index (Phi) is 2.88. The van der Waals surface area contributed by atoms with Crippen LogP contribution in [0.25, 0.3) is 16.9 Å².